The Balaban J connectivity index is 0. The van der Waals surface area contributed by atoms with E-state index >= 15 is 0 Å². The van der Waals surface area contributed by atoms with Crippen molar-refractivity contribution in [2.45, 2.75) is 14.7 Å². The Labute approximate surface area is 285 Å². The molecular weight excluding hydrogens is 663 g/mol. The van der Waals surface area contributed by atoms with Gasteiger partial charge in [-0.2, -0.15) is 0 Å². The summed E-state index contributed by atoms with van der Waals surface area (Å²) < 4.78 is 103. The maximum Gasteiger partial charge on any atom is 1.00 e. The number of rotatable bonds is 6. The van der Waals surface area contributed by atoms with Gasteiger partial charge in [-0.15, -0.1) is 0 Å². The molecule has 0 heterocycles. The van der Waals surface area contributed by atoms with Gasteiger partial charge in [-0.05, 0) is 54.6 Å². The zero-order chi connectivity index (χ0) is 23.0. The van der Waals surface area contributed by atoms with Gasteiger partial charge in [0.15, 0.2) is 0 Å². The molecule has 0 atom stereocenters. The third-order valence-corrected chi connectivity index (χ3v) is 9.39. The van der Waals surface area contributed by atoms with E-state index in [2.05, 4.69) is 0 Å². The monoisotopic (exact) mass is 675 g/mol. The first-order chi connectivity index (χ1) is 14.3. The molecule has 3 aromatic rings. The summed E-state index contributed by atoms with van der Waals surface area (Å²) in [5.74, 6) is 0. The molecule has 0 spiro atoms. The SMILES string of the molecule is O=S(=O)([O-])c1cccc([PH+](c2cccc(S(=O)(=O)[O-])c2)c2cccc(S(=O)(=O)[O-])c2)c1.[Na+].[Na+].[Na+].[Pd]. The van der Waals surface area contributed by atoms with Crippen LogP contribution in [0.2, 0.25) is 0 Å². The molecule has 0 bridgehead atoms. The summed E-state index contributed by atoms with van der Waals surface area (Å²) >= 11 is 0. The third kappa shape index (κ3) is 10.5. The summed E-state index contributed by atoms with van der Waals surface area (Å²) in [5.41, 5.74) is 0. The summed E-state index contributed by atoms with van der Waals surface area (Å²) in [5, 5.41) is 0.883. The average Bonchev–Trinajstić information content (AvgIpc) is 2.67. The zero-order valence-electron chi connectivity index (χ0n) is 18.6. The Bertz CT molecular complexity index is 1310. The van der Waals surface area contributed by atoms with E-state index in [4.69, 9.17) is 0 Å². The maximum atomic E-state index is 11.5. The van der Waals surface area contributed by atoms with E-state index in [0.29, 0.717) is 15.9 Å². The van der Waals surface area contributed by atoms with Crippen molar-refractivity contribution in [3.8, 4) is 0 Å². The number of hydrogen-bond donors (Lipinski definition) is 0. The van der Waals surface area contributed by atoms with Crippen LogP contribution in [-0.2, 0) is 50.8 Å². The molecular formula is C18H13Na3O9PPdS3+. The van der Waals surface area contributed by atoms with Crippen molar-refractivity contribution in [2.24, 2.45) is 0 Å². The normalized spacial score (nSPS) is 11.3. The molecule has 0 aliphatic heterocycles. The molecule has 0 radical (unpaired) electrons. The molecule has 0 saturated carbocycles. The van der Waals surface area contributed by atoms with Gasteiger partial charge in [0.05, 0.1) is 22.6 Å². The molecule has 3 rings (SSSR count). The van der Waals surface area contributed by atoms with Gasteiger partial charge >= 0.3 is 88.7 Å². The molecule has 3 aromatic carbocycles. The van der Waals surface area contributed by atoms with Gasteiger partial charge in [0.2, 0.25) is 0 Å². The Morgan fingerprint density at radius 1 is 0.486 bits per heavy atom. The van der Waals surface area contributed by atoms with E-state index in [1.807, 2.05) is 0 Å². The molecule has 0 saturated heterocycles. The van der Waals surface area contributed by atoms with Crippen molar-refractivity contribution in [1.82, 2.24) is 0 Å². The van der Waals surface area contributed by atoms with Crippen molar-refractivity contribution >= 4 is 54.2 Å². The van der Waals surface area contributed by atoms with Crippen LogP contribution in [0.1, 0.15) is 0 Å². The van der Waals surface area contributed by atoms with Gasteiger partial charge in [0, 0.05) is 20.4 Å². The van der Waals surface area contributed by atoms with Crippen LogP contribution in [0.5, 0.6) is 0 Å². The Morgan fingerprint density at radius 2 is 0.714 bits per heavy atom. The minimum atomic E-state index is -4.81. The van der Waals surface area contributed by atoms with Crippen molar-refractivity contribution in [2.75, 3.05) is 0 Å². The fourth-order valence-corrected chi connectivity index (χ4v) is 7.47. The minimum Gasteiger partial charge on any atom is -0.744 e. The largest absolute Gasteiger partial charge is 1.00 e. The molecule has 35 heavy (non-hydrogen) atoms. The van der Waals surface area contributed by atoms with Crippen molar-refractivity contribution in [1.29, 1.82) is 0 Å². The molecule has 0 fully saturated rings. The van der Waals surface area contributed by atoms with Crippen LogP contribution in [0.3, 0.4) is 0 Å². The van der Waals surface area contributed by atoms with Crippen LogP contribution >= 0.6 is 7.92 Å². The van der Waals surface area contributed by atoms with Gasteiger partial charge in [-0.25, -0.2) is 25.3 Å². The van der Waals surface area contributed by atoms with Gasteiger partial charge in [-0.1, -0.05) is 18.2 Å². The quantitative estimate of drug-likeness (QED) is 0.140. The van der Waals surface area contributed by atoms with E-state index in [-0.39, 0.29) is 109 Å². The second kappa shape index (κ2) is 15.3. The molecule has 0 unspecified atom stereocenters. The van der Waals surface area contributed by atoms with Gasteiger partial charge in [0.25, 0.3) is 0 Å². The molecule has 17 heteroatoms. The predicted octanol–water partition coefficient (Wildman–Crippen LogP) is -9.10. The van der Waals surface area contributed by atoms with Crippen LogP contribution in [-0.4, -0.2) is 38.9 Å². The van der Waals surface area contributed by atoms with Crippen molar-refractivity contribution in [3.05, 3.63) is 72.8 Å². The van der Waals surface area contributed by atoms with Gasteiger partial charge in [0.1, 0.15) is 46.3 Å². The molecule has 9 nitrogen and oxygen atoms in total. The molecule has 0 aliphatic carbocycles. The Kier molecular flexibility index (Phi) is 16.9. The predicted molar refractivity (Wildman–Crippen MR) is 110 cm³/mol. The van der Waals surface area contributed by atoms with Gasteiger partial charge < -0.3 is 13.7 Å². The number of hydrogen-bond acceptors (Lipinski definition) is 9. The van der Waals surface area contributed by atoms with Gasteiger partial charge in [-0.3, -0.25) is 0 Å². The molecule has 0 aliphatic rings. The van der Waals surface area contributed by atoms with Crippen LogP contribution < -0.4 is 105 Å². The molecule has 0 amide bonds. The molecule has 0 N–H and O–H groups in total. The Hall–Kier alpha value is 1.48. The van der Waals surface area contributed by atoms with Crippen LogP contribution in [0, 0.1) is 0 Å². The first kappa shape index (κ1) is 38.6. The van der Waals surface area contributed by atoms with E-state index in [1.54, 1.807) is 0 Å². The van der Waals surface area contributed by atoms with E-state index in [0.717, 1.165) is 36.4 Å². The summed E-state index contributed by atoms with van der Waals surface area (Å²) in [7, 11) is -16.8. The summed E-state index contributed by atoms with van der Waals surface area (Å²) in [6, 6.07) is 15.0. The number of benzene rings is 3. The second-order valence-corrected chi connectivity index (χ2v) is 12.9. The average molecular weight is 676 g/mol. The summed E-state index contributed by atoms with van der Waals surface area (Å²) in [6.45, 7) is 0. The Morgan fingerprint density at radius 3 is 0.914 bits per heavy atom. The van der Waals surface area contributed by atoms with Crippen LogP contribution in [0.15, 0.2) is 87.5 Å². The topological polar surface area (TPSA) is 172 Å². The first-order valence-corrected chi connectivity index (χ1v) is 14.1. The fourth-order valence-electron chi connectivity index (χ4n) is 2.92. The minimum absolute atomic E-state index is 0. The zero-order valence-corrected chi connectivity index (χ0v) is 29.6. The van der Waals surface area contributed by atoms with Crippen LogP contribution in [0.25, 0.3) is 0 Å². The van der Waals surface area contributed by atoms with E-state index in [9.17, 15) is 38.9 Å². The summed E-state index contributed by atoms with van der Waals surface area (Å²) in [6.07, 6.45) is 0. The van der Waals surface area contributed by atoms with Crippen molar-refractivity contribution < 1.29 is 148 Å². The second-order valence-electron chi connectivity index (χ2n) is 6.32. The van der Waals surface area contributed by atoms with Crippen LogP contribution in [0.4, 0.5) is 0 Å². The maximum absolute atomic E-state index is 11.5. The van der Waals surface area contributed by atoms with E-state index < -0.39 is 53.0 Å². The standard InChI is InChI=1S/C18H15O9PS3.3Na.Pd/c19-29(20,21)16-7-1-4-13(10-16)28(14-5-2-8-17(11-14)30(22,23)24)15-6-3-9-18(12-15)31(25,26)27;;;;/h1-12H,(H,19,20,21)(H,22,23,24)(H,25,26,27);;;;/q;3*+1;/p-2. The third-order valence-electron chi connectivity index (χ3n) is 4.23. The smallest absolute Gasteiger partial charge is 0.744 e. The summed E-state index contributed by atoms with van der Waals surface area (Å²) in [4.78, 5) is -1.60. The molecule has 174 valence electrons. The van der Waals surface area contributed by atoms with E-state index in [1.165, 1.54) is 36.4 Å². The fraction of sp³-hybridized carbons (Fsp3) is 0. The van der Waals surface area contributed by atoms with Crippen molar-refractivity contribution in [3.63, 3.8) is 0 Å². The molecule has 0 aromatic heterocycles. The first-order valence-electron chi connectivity index (χ1n) is 8.33.